The minimum atomic E-state index is -0.763. The Kier molecular flexibility index (Phi) is 12.5. The van der Waals surface area contributed by atoms with Gasteiger partial charge in [0.2, 0.25) is 0 Å². The van der Waals surface area contributed by atoms with E-state index in [-0.39, 0.29) is 30.5 Å². The zero-order valence-electron chi connectivity index (χ0n) is 23.1. The fraction of sp³-hybridized carbons (Fsp3) is 0.846. The van der Waals surface area contributed by atoms with Crippen molar-refractivity contribution in [1.82, 2.24) is 9.80 Å². The van der Waals surface area contributed by atoms with Crippen molar-refractivity contribution < 1.29 is 38.5 Å². The summed E-state index contributed by atoms with van der Waals surface area (Å²) in [6, 6.07) is 0. The quantitative estimate of drug-likeness (QED) is 0.414. The number of amides is 2. The molecule has 10 nitrogen and oxygen atoms in total. The molecular formula is C26H46N2O8. The van der Waals surface area contributed by atoms with E-state index in [4.69, 9.17) is 19.3 Å². The number of carbonyl (C=O) groups excluding carboxylic acids is 3. The van der Waals surface area contributed by atoms with E-state index in [0.717, 1.165) is 25.7 Å². The van der Waals surface area contributed by atoms with Crippen LogP contribution < -0.4 is 0 Å². The Morgan fingerprint density at radius 2 is 1.08 bits per heavy atom. The molecule has 0 spiro atoms. The third-order valence-corrected chi connectivity index (χ3v) is 5.76. The smallest absolute Gasteiger partial charge is 0.410 e. The van der Waals surface area contributed by atoms with Gasteiger partial charge in [0.05, 0.1) is 6.61 Å². The number of esters is 1. The Hall–Kier alpha value is -2.52. The fourth-order valence-electron chi connectivity index (χ4n) is 3.99. The van der Waals surface area contributed by atoms with Gasteiger partial charge in [-0.1, -0.05) is 0 Å². The van der Waals surface area contributed by atoms with E-state index in [1.165, 1.54) is 0 Å². The molecule has 0 unspecified atom stereocenters. The number of carboxylic acid groups (broad SMARTS) is 1. The van der Waals surface area contributed by atoms with Crippen LogP contribution in [0.3, 0.4) is 0 Å². The van der Waals surface area contributed by atoms with Crippen LogP contribution in [0.1, 0.15) is 87.0 Å². The van der Waals surface area contributed by atoms with Gasteiger partial charge in [-0.2, -0.15) is 0 Å². The second kappa shape index (κ2) is 14.3. The summed E-state index contributed by atoms with van der Waals surface area (Å²) < 4.78 is 15.5. The monoisotopic (exact) mass is 514 g/mol. The zero-order chi connectivity index (χ0) is 27.5. The molecule has 0 bridgehead atoms. The predicted molar refractivity (Wildman–Crippen MR) is 135 cm³/mol. The summed E-state index contributed by atoms with van der Waals surface area (Å²) in [6.45, 7) is 15.8. The van der Waals surface area contributed by atoms with Crippen molar-refractivity contribution in [3.8, 4) is 0 Å². The Labute approximate surface area is 215 Å². The highest BCUT2D eigenvalue weighted by Crippen LogP contribution is 2.23. The third kappa shape index (κ3) is 13.5. The van der Waals surface area contributed by atoms with Gasteiger partial charge in [0.15, 0.2) is 0 Å². The van der Waals surface area contributed by atoms with E-state index < -0.39 is 17.2 Å². The lowest BCUT2D eigenvalue weighted by atomic mass is 9.94. The molecule has 10 heteroatoms. The highest BCUT2D eigenvalue weighted by molar-refractivity contribution is 5.70. The first kappa shape index (κ1) is 31.5. The van der Waals surface area contributed by atoms with Crippen molar-refractivity contribution in [2.45, 2.75) is 98.2 Å². The van der Waals surface area contributed by atoms with E-state index in [9.17, 15) is 19.2 Å². The van der Waals surface area contributed by atoms with Crippen LogP contribution in [0.5, 0.6) is 0 Å². The van der Waals surface area contributed by atoms with Gasteiger partial charge in [0, 0.05) is 39.0 Å². The number of ether oxygens (including phenoxy) is 3. The van der Waals surface area contributed by atoms with Crippen LogP contribution in [0.15, 0.2) is 0 Å². The van der Waals surface area contributed by atoms with Crippen molar-refractivity contribution >= 4 is 24.1 Å². The van der Waals surface area contributed by atoms with Crippen LogP contribution in [0.2, 0.25) is 0 Å². The molecule has 0 saturated carbocycles. The molecule has 0 radical (unpaired) electrons. The molecule has 2 rings (SSSR count). The topological polar surface area (TPSA) is 123 Å². The summed E-state index contributed by atoms with van der Waals surface area (Å²) in [5.41, 5.74) is -0.937. The van der Waals surface area contributed by atoms with Crippen molar-refractivity contribution in [2.24, 2.45) is 11.8 Å². The minimum Gasteiger partial charge on any atom is -0.481 e. The van der Waals surface area contributed by atoms with Gasteiger partial charge >= 0.3 is 24.1 Å². The number of nitrogens with zero attached hydrogens (tertiary/aromatic N) is 2. The maximum atomic E-state index is 11.9. The molecule has 2 fully saturated rings. The summed E-state index contributed by atoms with van der Waals surface area (Å²) >= 11 is 0. The SMILES string of the molecule is CC(C)(C)OC(=O)N1CCC(CC(=O)O)CC1.CCOC(=O)CC1CCN(C(=O)OC(C)(C)C)CC1. The van der Waals surface area contributed by atoms with Gasteiger partial charge in [-0.15, -0.1) is 0 Å². The molecule has 208 valence electrons. The Morgan fingerprint density at radius 3 is 1.39 bits per heavy atom. The number of piperidine rings is 2. The first-order valence-electron chi connectivity index (χ1n) is 12.9. The molecule has 36 heavy (non-hydrogen) atoms. The number of carboxylic acids is 1. The van der Waals surface area contributed by atoms with Gasteiger partial charge in [0.25, 0.3) is 0 Å². The number of rotatable bonds is 5. The third-order valence-electron chi connectivity index (χ3n) is 5.76. The molecule has 0 aromatic rings. The van der Waals surface area contributed by atoms with Crippen LogP contribution in [0.25, 0.3) is 0 Å². The normalized spacial score (nSPS) is 17.5. The van der Waals surface area contributed by atoms with Crippen molar-refractivity contribution in [3.05, 3.63) is 0 Å². The molecule has 2 amide bonds. The maximum absolute atomic E-state index is 11.9. The lowest BCUT2D eigenvalue weighted by molar-refractivity contribution is -0.144. The fourth-order valence-corrected chi connectivity index (χ4v) is 3.99. The van der Waals surface area contributed by atoms with Crippen LogP contribution in [0.4, 0.5) is 9.59 Å². The van der Waals surface area contributed by atoms with E-state index in [1.54, 1.807) is 9.80 Å². The second-order valence-corrected chi connectivity index (χ2v) is 11.4. The summed E-state index contributed by atoms with van der Waals surface area (Å²) in [5, 5.41) is 8.69. The number of likely N-dealkylation sites (tertiary alicyclic amines) is 2. The van der Waals surface area contributed by atoms with Gasteiger partial charge in [0.1, 0.15) is 11.2 Å². The van der Waals surface area contributed by atoms with Crippen LogP contribution in [-0.4, -0.2) is 83.0 Å². The highest BCUT2D eigenvalue weighted by atomic mass is 16.6. The Morgan fingerprint density at radius 1 is 0.722 bits per heavy atom. The average Bonchev–Trinajstić information content (AvgIpc) is 2.72. The second-order valence-electron chi connectivity index (χ2n) is 11.4. The van der Waals surface area contributed by atoms with Gasteiger partial charge in [-0.25, -0.2) is 9.59 Å². The first-order chi connectivity index (χ1) is 16.6. The zero-order valence-corrected chi connectivity index (χ0v) is 23.1. The first-order valence-corrected chi connectivity index (χ1v) is 12.9. The average molecular weight is 515 g/mol. The summed E-state index contributed by atoms with van der Waals surface area (Å²) in [7, 11) is 0. The van der Waals surface area contributed by atoms with E-state index >= 15 is 0 Å². The van der Waals surface area contributed by atoms with Gasteiger partial charge in [-0.3, -0.25) is 9.59 Å². The van der Waals surface area contributed by atoms with Crippen LogP contribution >= 0.6 is 0 Å². The van der Waals surface area contributed by atoms with E-state index in [1.807, 2.05) is 48.5 Å². The number of hydrogen-bond donors (Lipinski definition) is 1. The molecule has 2 aliphatic rings. The largest absolute Gasteiger partial charge is 0.481 e. The molecule has 2 aliphatic heterocycles. The standard InChI is InChI=1S/C14H25NO4.C12H21NO4/c1-5-18-12(16)10-11-6-8-15(9-7-11)13(17)19-14(2,3)4;1-12(2,3)17-11(16)13-6-4-9(5-7-13)8-10(14)15/h11H,5-10H2,1-4H3;9H,4-8H2,1-3H3,(H,14,15). The van der Waals surface area contributed by atoms with Gasteiger partial charge < -0.3 is 29.1 Å². The van der Waals surface area contributed by atoms with Crippen molar-refractivity contribution in [2.75, 3.05) is 32.8 Å². The van der Waals surface area contributed by atoms with Gasteiger partial charge in [-0.05, 0) is 86.0 Å². The summed E-state index contributed by atoms with van der Waals surface area (Å²) in [4.78, 5) is 48.9. The van der Waals surface area contributed by atoms with E-state index in [2.05, 4.69) is 0 Å². The summed E-state index contributed by atoms with van der Waals surface area (Å²) in [5.74, 6) is -0.400. The molecular weight excluding hydrogens is 468 g/mol. The molecule has 0 aliphatic carbocycles. The Bertz CT molecular complexity index is 725. The van der Waals surface area contributed by atoms with E-state index in [0.29, 0.717) is 45.1 Å². The number of carbonyl (C=O) groups is 4. The van der Waals surface area contributed by atoms with Crippen molar-refractivity contribution in [3.63, 3.8) is 0 Å². The number of hydrogen-bond acceptors (Lipinski definition) is 7. The van der Waals surface area contributed by atoms with Crippen molar-refractivity contribution in [1.29, 1.82) is 0 Å². The lowest BCUT2D eigenvalue weighted by Crippen LogP contribution is -2.42. The predicted octanol–water partition coefficient (Wildman–Crippen LogP) is 4.69. The summed E-state index contributed by atoms with van der Waals surface area (Å²) in [6.07, 6.45) is 3.24. The van der Waals surface area contributed by atoms with Crippen LogP contribution in [-0.2, 0) is 23.8 Å². The molecule has 2 heterocycles. The molecule has 0 aromatic heterocycles. The lowest BCUT2D eigenvalue weighted by Gasteiger charge is -2.33. The molecule has 0 atom stereocenters. The molecule has 2 saturated heterocycles. The maximum Gasteiger partial charge on any atom is 0.410 e. The highest BCUT2D eigenvalue weighted by Gasteiger charge is 2.29. The molecule has 0 aromatic carbocycles. The molecule has 1 N–H and O–H groups in total. The van der Waals surface area contributed by atoms with Crippen LogP contribution in [0, 0.1) is 11.8 Å². The minimum absolute atomic E-state index is 0.141. The number of aliphatic carboxylic acids is 1. The Balaban J connectivity index is 0.000000362.